The van der Waals surface area contributed by atoms with Gasteiger partial charge in [0.2, 0.25) is 5.88 Å². The molecule has 1 atom stereocenters. The highest BCUT2D eigenvalue weighted by atomic mass is 19.4. The Morgan fingerprint density at radius 1 is 1.48 bits per heavy atom. The van der Waals surface area contributed by atoms with E-state index in [2.05, 4.69) is 10.3 Å². The summed E-state index contributed by atoms with van der Waals surface area (Å²) in [4.78, 5) is 17.4. The number of ether oxygens (including phenoxy) is 2. The highest BCUT2D eigenvalue weighted by Gasteiger charge is 2.29. The van der Waals surface area contributed by atoms with Crippen LogP contribution in [0.4, 0.5) is 18.0 Å². The van der Waals surface area contributed by atoms with Crippen LogP contribution in [0.3, 0.4) is 0 Å². The number of alkyl halides is 3. The second kappa shape index (κ2) is 8.89. The molecule has 1 aromatic heterocycles. The van der Waals surface area contributed by atoms with Crippen molar-refractivity contribution in [2.24, 2.45) is 0 Å². The highest BCUT2D eigenvalue weighted by molar-refractivity contribution is 5.73. The van der Waals surface area contributed by atoms with Crippen molar-refractivity contribution in [1.29, 1.82) is 0 Å². The lowest BCUT2D eigenvalue weighted by molar-refractivity contribution is -0.154. The van der Waals surface area contributed by atoms with Crippen molar-refractivity contribution in [3.05, 3.63) is 23.9 Å². The van der Waals surface area contributed by atoms with Gasteiger partial charge in [-0.25, -0.2) is 9.78 Å². The molecule has 1 aliphatic heterocycles. The van der Waals surface area contributed by atoms with E-state index in [0.717, 1.165) is 19.3 Å². The summed E-state index contributed by atoms with van der Waals surface area (Å²) in [5, 5.41) is 2.66. The van der Waals surface area contributed by atoms with E-state index in [0.29, 0.717) is 18.7 Å². The molecule has 1 unspecified atom stereocenters. The minimum absolute atomic E-state index is 0.0218. The molecule has 0 saturated carbocycles. The Hall–Kier alpha value is -2.03. The monoisotopic (exact) mass is 361 g/mol. The summed E-state index contributed by atoms with van der Waals surface area (Å²) in [5.41, 5.74) is 0.377. The number of halogens is 3. The van der Waals surface area contributed by atoms with Crippen molar-refractivity contribution in [3.8, 4) is 5.88 Å². The van der Waals surface area contributed by atoms with Crippen LogP contribution >= 0.6 is 0 Å². The first-order chi connectivity index (χ1) is 11.8. The number of carbonyl (C=O) groups excluding carboxylic acids is 1. The number of rotatable bonds is 6. The van der Waals surface area contributed by atoms with Gasteiger partial charge in [-0.15, -0.1) is 0 Å². The zero-order valence-electron chi connectivity index (χ0n) is 14.0. The fraction of sp³-hybridized carbons (Fsp3) is 0.625. The molecule has 2 rings (SSSR count). The molecule has 1 fully saturated rings. The number of pyridine rings is 1. The third-order valence-electron chi connectivity index (χ3n) is 3.75. The molecule has 9 heteroatoms. The molecule has 25 heavy (non-hydrogen) atoms. The van der Waals surface area contributed by atoms with Crippen LogP contribution in [-0.2, 0) is 11.3 Å². The summed E-state index contributed by atoms with van der Waals surface area (Å²) in [5.74, 6) is -0.140. The predicted octanol–water partition coefficient (Wildman–Crippen LogP) is 2.73. The molecule has 140 valence electrons. The quantitative estimate of drug-likeness (QED) is 0.846. The maximum atomic E-state index is 12.3. The summed E-state index contributed by atoms with van der Waals surface area (Å²) in [6.45, 7) is -0.231. The lowest BCUT2D eigenvalue weighted by Gasteiger charge is -2.27. The van der Waals surface area contributed by atoms with E-state index in [-0.39, 0.29) is 24.6 Å². The van der Waals surface area contributed by atoms with Crippen molar-refractivity contribution < 1.29 is 27.4 Å². The summed E-state index contributed by atoms with van der Waals surface area (Å²) in [6, 6.07) is 2.80. The van der Waals surface area contributed by atoms with Gasteiger partial charge in [-0.3, -0.25) is 0 Å². The van der Waals surface area contributed by atoms with Crippen molar-refractivity contribution in [1.82, 2.24) is 15.2 Å². The number of hydrogen-bond acceptors (Lipinski definition) is 4. The Labute approximate surface area is 144 Å². The number of amides is 2. The van der Waals surface area contributed by atoms with Crippen LogP contribution in [0, 0.1) is 0 Å². The molecule has 2 heterocycles. The summed E-state index contributed by atoms with van der Waals surface area (Å²) in [7, 11) is 1.65. The van der Waals surface area contributed by atoms with Gasteiger partial charge in [0.05, 0.1) is 6.10 Å². The number of aromatic nitrogens is 1. The van der Waals surface area contributed by atoms with Gasteiger partial charge in [0.15, 0.2) is 6.61 Å². The smallest absolute Gasteiger partial charge is 0.422 e. The molecule has 0 bridgehead atoms. The van der Waals surface area contributed by atoms with E-state index in [1.807, 2.05) is 0 Å². The summed E-state index contributed by atoms with van der Waals surface area (Å²) in [6.07, 6.45) is -0.0602. The molecule has 1 aromatic rings. The van der Waals surface area contributed by atoms with E-state index in [9.17, 15) is 18.0 Å². The first-order valence-electron chi connectivity index (χ1n) is 8.09. The number of nitrogens with zero attached hydrogens (tertiary/aromatic N) is 2. The molecule has 2 amide bonds. The second-order valence-electron chi connectivity index (χ2n) is 5.90. The van der Waals surface area contributed by atoms with Gasteiger partial charge in [-0.05, 0) is 25.3 Å². The van der Waals surface area contributed by atoms with Crippen LogP contribution in [-0.4, -0.2) is 55.0 Å². The van der Waals surface area contributed by atoms with E-state index >= 15 is 0 Å². The fourth-order valence-corrected chi connectivity index (χ4v) is 2.48. The van der Waals surface area contributed by atoms with Gasteiger partial charge in [-0.1, -0.05) is 6.07 Å². The van der Waals surface area contributed by atoms with Crippen LogP contribution in [0.1, 0.15) is 24.8 Å². The Kier molecular flexibility index (Phi) is 6.86. The van der Waals surface area contributed by atoms with Crippen LogP contribution < -0.4 is 10.1 Å². The number of hydrogen-bond donors (Lipinski definition) is 1. The molecule has 6 nitrogen and oxygen atoms in total. The Bertz CT molecular complexity index is 563. The minimum Gasteiger partial charge on any atom is -0.468 e. The zero-order valence-corrected chi connectivity index (χ0v) is 14.0. The molecule has 0 aliphatic carbocycles. The van der Waals surface area contributed by atoms with Crippen molar-refractivity contribution in [2.45, 2.75) is 38.1 Å². The van der Waals surface area contributed by atoms with Crippen LogP contribution in [0.5, 0.6) is 5.88 Å². The third kappa shape index (κ3) is 6.77. The topological polar surface area (TPSA) is 63.7 Å². The van der Waals surface area contributed by atoms with Gasteiger partial charge >= 0.3 is 12.2 Å². The van der Waals surface area contributed by atoms with Crippen molar-refractivity contribution in [3.63, 3.8) is 0 Å². The van der Waals surface area contributed by atoms with E-state index in [4.69, 9.17) is 9.47 Å². The molecule has 0 spiro atoms. The van der Waals surface area contributed by atoms with Crippen LogP contribution in [0.15, 0.2) is 18.3 Å². The van der Waals surface area contributed by atoms with Crippen LogP contribution in [0.2, 0.25) is 0 Å². The third-order valence-corrected chi connectivity index (χ3v) is 3.75. The van der Waals surface area contributed by atoms with Crippen molar-refractivity contribution >= 4 is 6.03 Å². The van der Waals surface area contributed by atoms with Gasteiger partial charge in [-0.2, -0.15) is 13.2 Å². The van der Waals surface area contributed by atoms with Gasteiger partial charge in [0.1, 0.15) is 0 Å². The summed E-state index contributed by atoms with van der Waals surface area (Å²) < 4.78 is 47.1. The normalized spacial score (nSPS) is 17.8. The lowest BCUT2D eigenvalue weighted by Crippen LogP contribution is -2.42. The number of urea groups is 1. The first-order valence-corrected chi connectivity index (χ1v) is 8.09. The zero-order chi connectivity index (χ0) is 18.3. The molecular weight excluding hydrogens is 339 g/mol. The Morgan fingerprint density at radius 3 is 2.96 bits per heavy atom. The number of nitrogens with one attached hydrogen (secondary N) is 1. The Balaban J connectivity index is 1.84. The molecule has 0 aromatic carbocycles. The van der Waals surface area contributed by atoms with E-state index < -0.39 is 12.8 Å². The van der Waals surface area contributed by atoms with Crippen molar-refractivity contribution in [2.75, 3.05) is 26.8 Å². The minimum atomic E-state index is -4.45. The Morgan fingerprint density at radius 2 is 2.28 bits per heavy atom. The SMILES string of the molecule is CN(CC1CCCCO1)C(=O)NCc1cccnc1OCC(F)(F)F. The number of carbonyl (C=O) groups is 1. The maximum Gasteiger partial charge on any atom is 0.422 e. The molecular formula is C16H22F3N3O3. The first kappa shape index (κ1) is 19.3. The standard InChI is InChI=1S/C16H22F3N3O3/c1-22(10-13-6-2-3-8-24-13)15(23)21-9-12-5-4-7-20-14(12)25-11-16(17,18)19/h4-5,7,13H,2-3,6,8-11H2,1H3,(H,21,23). The largest absolute Gasteiger partial charge is 0.468 e. The predicted molar refractivity (Wildman–Crippen MR) is 84.2 cm³/mol. The van der Waals surface area contributed by atoms with Gasteiger partial charge in [0.25, 0.3) is 0 Å². The molecule has 1 aliphatic rings. The molecule has 0 radical (unpaired) electrons. The van der Waals surface area contributed by atoms with E-state index in [1.165, 1.54) is 11.1 Å². The highest BCUT2D eigenvalue weighted by Crippen LogP contribution is 2.20. The average molecular weight is 361 g/mol. The maximum absolute atomic E-state index is 12.3. The van der Waals surface area contributed by atoms with Gasteiger partial charge in [0, 0.05) is 38.5 Å². The molecule has 1 N–H and O–H groups in total. The lowest BCUT2D eigenvalue weighted by atomic mass is 10.1. The fourth-order valence-electron chi connectivity index (χ4n) is 2.48. The van der Waals surface area contributed by atoms with Gasteiger partial charge < -0.3 is 19.7 Å². The molecule has 1 saturated heterocycles. The second-order valence-corrected chi connectivity index (χ2v) is 5.90. The van der Waals surface area contributed by atoms with E-state index in [1.54, 1.807) is 19.2 Å². The van der Waals surface area contributed by atoms with Crippen LogP contribution in [0.25, 0.3) is 0 Å². The number of likely N-dealkylation sites (N-methyl/N-ethyl adjacent to an activating group) is 1. The summed E-state index contributed by atoms with van der Waals surface area (Å²) >= 11 is 0. The average Bonchev–Trinajstić information content (AvgIpc) is 2.58.